The highest BCUT2D eigenvalue weighted by atomic mass is 32.2. The molecule has 3 aromatic rings. The van der Waals surface area contributed by atoms with E-state index in [0.29, 0.717) is 36.6 Å². The third-order valence-corrected chi connectivity index (χ3v) is 12.8. The lowest BCUT2D eigenvalue weighted by molar-refractivity contribution is -0.137. The van der Waals surface area contributed by atoms with Gasteiger partial charge in [0.15, 0.2) is 0 Å². The van der Waals surface area contributed by atoms with Crippen molar-refractivity contribution in [3.05, 3.63) is 89.4 Å². The average molecular weight is 807 g/mol. The fraction of sp³-hybridized carbons (Fsp3) is 0.477. The number of rotatable bonds is 16. The molecule has 0 bridgehead atoms. The normalized spacial score (nSPS) is 19.1. The summed E-state index contributed by atoms with van der Waals surface area (Å²) in [5.74, 6) is 1.61. The van der Waals surface area contributed by atoms with Crippen LogP contribution in [0.15, 0.2) is 72.0 Å². The number of amides is 5. The summed E-state index contributed by atoms with van der Waals surface area (Å²) >= 11 is 1.70. The summed E-state index contributed by atoms with van der Waals surface area (Å²) in [6, 6.07) is 13.0. The second-order valence-electron chi connectivity index (χ2n) is 15.6. The summed E-state index contributed by atoms with van der Waals surface area (Å²) < 4.78 is 0. The fourth-order valence-electron chi connectivity index (χ4n) is 8.30. The van der Waals surface area contributed by atoms with E-state index < -0.39 is 6.04 Å². The maximum Gasteiger partial charge on any atom is 0.256 e. The highest BCUT2D eigenvalue weighted by molar-refractivity contribution is 7.99. The molecule has 13 nitrogen and oxygen atoms in total. The monoisotopic (exact) mass is 806 g/mol. The smallest absolute Gasteiger partial charge is 0.256 e. The van der Waals surface area contributed by atoms with Crippen LogP contribution in [-0.4, -0.2) is 118 Å². The highest BCUT2D eigenvalue weighted by Crippen LogP contribution is 2.35. The van der Waals surface area contributed by atoms with Gasteiger partial charge in [0, 0.05) is 88.3 Å². The quantitative estimate of drug-likeness (QED) is 0.0897. The molecule has 3 saturated heterocycles. The minimum absolute atomic E-state index is 0.0555. The minimum Gasteiger partial charge on any atom is -0.354 e. The van der Waals surface area contributed by atoms with Gasteiger partial charge >= 0.3 is 0 Å². The molecular formula is C44H54N8O5S. The Hall–Kier alpha value is -5.08. The number of pyridine rings is 2. The highest BCUT2D eigenvalue weighted by Gasteiger charge is 2.40. The third kappa shape index (κ3) is 10.7. The van der Waals surface area contributed by atoms with Crippen LogP contribution in [-0.2, 0) is 20.9 Å². The molecule has 0 radical (unpaired) electrons. The van der Waals surface area contributed by atoms with Gasteiger partial charge in [0.05, 0.1) is 11.1 Å². The van der Waals surface area contributed by atoms with Crippen molar-refractivity contribution >= 4 is 53.2 Å². The van der Waals surface area contributed by atoms with Gasteiger partial charge in [0.25, 0.3) is 11.8 Å². The first-order valence-corrected chi connectivity index (χ1v) is 21.8. The van der Waals surface area contributed by atoms with Crippen molar-refractivity contribution < 1.29 is 24.0 Å². The van der Waals surface area contributed by atoms with Crippen molar-refractivity contribution in [2.75, 3.05) is 63.0 Å². The van der Waals surface area contributed by atoms with E-state index in [1.54, 1.807) is 47.4 Å². The number of unbranched alkanes of at least 4 members (excludes halogenated alkanes) is 2. The zero-order chi connectivity index (χ0) is 40.3. The number of carbonyl (C=O) groups excluding carboxylic acids is 5. The van der Waals surface area contributed by atoms with Crippen LogP contribution in [0.4, 0.5) is 5.82 Å². The van der Waals surface area contributed by atoms with E-state index in [9.17, 15) is 24.0 Å². The molecule has 2 N–H and O–H groups in total. The Morgan fingerprint density at radius 3 is 2.50 bits per heavy atom. The number of thioether (sulfide) groups is 1. The summed E-state index contributed by atoms with van der Waals surface area (Å²) in [4.78, 5) is 80.9. The number of carbonyl (C=O) groups is 5. The van der Waals surface area contributed by atoms with Gasteiger partial charge in [0.2, 0.25) is 17.7 Å². The number of piperidine rings is 2. The molecule has 6 heterocycles. The summed E-state index contributed by atoms with van der Waals surface area (Å²) in [5.41, 5.74) is 3.19. The van der Waals surface area contributed by atoms with Crippen molar-refractivity contribution in [2.45, 2.75) is 75.3 Å². The SMILES string of the molecule is O=C(/C=C/c1cccnc1)NCCCCC1CCN(C(=O)c2ccc(N3CCN(CCCCSc4cccc5c4C(=O)N(C4CCC(=O)NC4=O)C5)CC3)nc2)CC1. The molecule has 14 heteroatoms. The number of hydrogen-bond donors (Lipinski definition) is 2. The molecule has 1 atom stereocenters. The van der Waals surface area contributed by atoms with Crippen LogP contribution in [0.3, 0.4) is 0 Å². The number of aromatic nitrogens is 2. The Kier molecular flexibility index (Phi) is 14.2. The Morgan fingerprint density at radius 1 is 0.897 bits per heavy atom. The second kappa shape index (κ2) is 20.1. The van der Waals surface area contributed by atoms with E-state index in [0.717, 1.165) is 118 Å². The number of imide groups is 1. The molecule has 58 heavy (non-hydrogen) atoms. The summed E-state index contributed by atoms with van der Waals surface area (Å²) in [7, 11) is 0. The fourth-order valence-corrected chi connectivity index (χ4v) is 9.41. The molecule has 2 aromatic heterocycles. The van der Waals surface area contributed by atoms with E-state index in [-0.39, 0.29) is 36.0 Å². The number of nitrogens with zero attached hydrogens (tertiary/aromatic N) is 6. The van der Waals surface area contributed by atoms with Crippen LogP contribution >= 0.6 is 11.8 Å². The van der Waals surface area contributed by atoms with Gasteiger partial charge in [-0.2, -0.15) is 0 Å². The number of piperazine rings is 1. The van der Waals surface area contributed by atoms with Crippen LogP contribution < -0.4 is 15.5 Å². The van der Waals surface area contributed by atoms with Gasteiger partial charge in [-0.15, -0.1) is 11.8 Å². The third-order valence-electron chi connectivity index (χ3n) is 11.7. The van der Waals surface area contributed by atoms with Crippen LogP contribution in [0, 0.1) is 5.92 Å². The lowest BCUT2D eigenvalue weighted by atomic mass is 9.91. The van der Waals surface area contributed by atoms with Crippen molar-refractivity contribution in [3.63, 3.8) is 0 Å². The number of likely N-dealkylation sites (tertiary alicyclic amines) is 1. The predicted molar refractivity (Wildman–Crippen MR) is 224 cm³/mol. The molecular weight excluding hydrogens is 753 g/mol. The molecule has 1 unspecified atom stereocenters. The first kappa shape index (κ1) is 41.1. The Labute approximate surface area is 345 Å². The molecule has 0 aliphatic carbocycles. The topological polar surface area (TPSA) is 148 Å². The molecule has 4 aliphatic heterocycles. The molecule has 7 rings (SSSR count). The Morgan fingerprint density at radius 2 is 1.74 bits per heavy atom. The molecule has 1 aromatic carbocycles. The summed E-state index contributed by atoms with van der Waals surface area (Å²) in [5, 5.41) is 5.33. The van der Waals surface area contributed by atoms with Crippen LogP contribution in [0.25, 0.3) is 6.08 Å². The van der Waals surface area contributed by atoms with E-state index in [4.69, 9.17) is 4.98 Å². The number of benzene rings is 1. The van der Waals surface area contributed by atoms with Gasteiger partial charge in [0.1, 0.15) is 11.9 Å². The standard InChI is InChI=1S/C44H54N8O5S/c53-39(15-11-33-8-6-19-45-29-33)46-20-2-1-7-32-17-22-51(23-18-32)43(56)34-12-14-38(47-30-34)50-26-24-49(25-27-50)21-3-4-28-58-37-10-5-9-35-31-52(44(57)41(35)37)36-13-16-40(54)48-42(36)55/h5-6,8-12,14-15,19,29-30,32,36H,1-4,7,13,16-18,20-28,31H2,(H,46,53)(H,48,54,55)/b15-11+. The van der Waals surface area contributed by atoms with Crippen molar-refractivity contribution in [3.8, 4) is 0 Å². The summed E-state index contributed by atoms with van der Waals surface area (Å²) in [6.45, 7) is 7.30. The van der Waals surface area contributed by atoms with Gasteiger partial charge in [-0.05, 0) is 98.2 Å². The zero-order valence-electron chi connectivity index (χ0n) is 33.2. The lowest BCUT2D eigenvalue weighted by Crippen LogP contribution is -2.52. The number of fused-ring (bicyclic) bond motifs is 1. The molecule has 0 spiro atoms. The molecule has 5 amide bonds. The maximum absolute atomic E-state index is 13.4. The van der Waals surface area contributed by atoms with Crippen molar-refractivity contribution in [1.29, 1.82) is 0 Å². The van der Waals surface area contributed by atoms with Crippen LogP contribution in [0.2, 0.25) is 0 Å². The number of hydrogen-bond acceptors (Lipinski definition) is 10. The Bertz CT molecular complexity index is 1940. The molecule has 4 aliphatic rings. The molecule has 306 valence electrons. The van der Waals surface area contributed by atoms with Gasteiger partial charge in [-0.3, -0.25) is 39.2 Å². The van der Waals surface area contributed by atoms with Crippen LogP contribution in [0.1, 0.15) is 89.6 Å². The first-order valence-electron chi connectivity index (χ1n) is 20.8. The maximum atomic E-state index is 13.4. The molecule has 0 saturated carbocycles. The minimum atomic E-state index is -0.598. The van der Waals surface area contributed by atoms with E-state index in [2.05, 4.69) is 25.4 Å². The number of anilines is 1. The second-order valence-corrected chi connectivity index (χ2v) is 16.8. The lowest BCUT2D eigenvalue weighted by Gasteiger charge is -2.35. The zero-order valence-corrected chi connectivity index (χ0v) is 34.0. The van der Waals surface area contributed by atoms with Crippen molar-refractivity contribution in [1.82, 2.24) is 35.3 Å². The Balaban J connectivity index is 0.750. The van der Waals surface area contributed by atoms with Gasteiger partial charge < -0.3 is 20.0 Å². The largest absolute Gasteiger partial charge is 0.354 e. The first-order chi connectivity index (χ1) is 28.3. The van der Waals surface area contributed by atoms with Gasteiger partial charge in [-0.1, -0.05) is 31.0 Å². The molecule has 3 fully saturated rings. The van der Waals surface area contributed by atoms with E-state index in [1.165, 1.54) is 0 Å². The predicted octanol–water partition coefficient (Wildman–Crippen LogP) is 4.78. The van der Waals surface area contributed by atoms with Gasteiger partial charge in [-0.25, -0.2) is 4.98 Å². The summed E-state index contributed by atoms with van der Waals surface area (Å²) in [6.07, 6.45) is 16.3. The van der Waals surface area contributed by atoms with Crippen LogP contribution in [0.5, 0.6) is 0 Å². The van der Waals surface area contributed by atoms with E-state index in [1.807, 2.05) is 47.4 Å². The average Bonchev–Trinajstić information content (AvgIpc) is 3.59. The van der Waals surface area contributed by atoms with Crippen molar-refractivity contribution in [2.24, 2.45) is 5.92 Å². The van der Waals surface area contributed by atoms with E-state index >= 15 is 0 Å². The number of nitrogens with one attached hydrogen (secondary N) is 2.